The highest BCUT2D eigenvalue weighted by Crippen LogP contribution is 2.25. The number of nitrogens with one attached hydrogen (secondary N) is 1. The lowest BCUT2D eigenvalue weighted by molar-refractivity contribution is -0.146. The summed E-state index contributed by atoms with van der Waals surface area (Å²) in [7, 11) is 0. The van der Waals surface area contributed by atoms with Gasteiger partial charge in [-0.05, 0) is 26.3 Å². The number of aromatic amines is 1. The average Bonchev–Trinajstić information content (AvgIpc) is 2.65. The summed E-state index contributed by atoms with van der Waals surface area (Å²) in [6, 6.07) is 1.94. The van der Waals surface area contributed by atoms with Crippen molar-refractivity contribution in [3.63, 3.8) is 0 Å². The molecule has 2 rings (SSSR count). The number of carbonyl (C=O) groups is 1. The third-order valence-corrected chi connectivity index (χ3v) is 4.28. The van der Waals surface area contributed by atoms with Crippen LogP contribution in [0.25, 0.3) is 10.2 Å². The van der Waals surface area contributed by atoms with Crippen molar-refractivity contribution in [1.29, 1.82) is 5.26 Å². The van der Waals surface area contributed by atoms with Gasteiger partial charge in [0.2, 0.25) is 0 Å². The molecule has 0 amide bonds. The molecule has 0 aromatic carbocycles. The monoisotopic (exact) mass is 293 g/mol. The molecule has 8 heteroatoms. The molecule has 0 saturated carbocycles. The number of aryl methyl sites for hydroxylation is 1. The summed E-state index contributed by atoms with van der Waals surface area (Å²) in [4.78, 5) is 38.7. The number of H-pyrrole nitrogens is 1. The zero-order valence-electron chi connectivity index (χ0n) is 11.0. The lowest BCUT2D eigenvalue weighted by atomic mass is 10.1. The number of carboxylic acids is 1. The first kappa shape index (κ1) is 14.0. The highest BCUT2D eigenvalue weighted by atomic mass is 32.1. The minimum atomic E-state index is -1.68. The lowest BCUT2D eigenvalue weighted by Gasteiger charge is -2.21. The molecule has 7 nitrogen and oxygen atoms in total. The molecular weight excluding hydrogens is 282 g/mol. The number of aromatic nitrogens is 2. The Morgan fingerprint density at radius 1 is 1.45 bits per heavy atom. The number of hydrogen-bond acceptors (Lipinski definition) is 5. The van der Waals surface area contributed by atoms with E-state index in [4.69, 9.17) is 5.26 Å². The topological polar surface area (TPSA) is 116 Å². The van der Waals surface area contributed by atoms with Crippen LogP contribution in [0.2, 0.25) is 0 Å². The predicted octanol–water partition coefficient (Wildman–Crippen LogP) is 0.751. The number of fused-ring (bicyclic) bond motifs is 1. The van der Waals surface area contributed by atoms with E-state index in [9.17, 15) is 19.5 Å². The van der Waals surface area contributed by atoms with Gasteiger partial charge in [-0.1, -0.05) is 0 Å². The molecule has 0 aliphatic rings. The van der Waals surface area contributed by atoms with Crippen LogP contribution in [-0.2, 0) is 10.3 Å². The van der Waals surface area contributed by atoms with Gasteiger partial charge in [0.15, 0.2) is 0 Å². The third kappa shape index (κ3) is 1.75. The standard InChI is InChI=1S/C12H11N3O4S/c1-5-6(4-13)20-8-7(5)9(16)15(11(19)14-8)12(2,3)10(17)18/h1-3H3,(H,14,19)(H,17,18). The summed E-state index contributed by atoms with van der Waals surface area (Å²) >= 11 is 1.00. The maximum atomic E-state index is 12.4. The van der Waals surface area contributed by atoms with Crippen molar-refractivity contribution in [2.24, 2.45) is 0 Å². The molecular formula is C12H11N3O4S. The van der Waals surface area contributed by atoms with Gasteiger partial charge in [0, 0.05) is 0 Å². The minimum absolute atomic E-state index is 0.181. The van der Waals surface area contributed by atoms with Gasteiger partial charge in [-0.3, -0.25) is 9.78 Å². The van der Waals surface area contributed by atoms with Crippen LogP contribution in [0.1, 0.15) is 24.3 Å². The smallest absolute Gasteiger partial charge is 0.330 e. The number of hydrogen-bond donors (Lipinski definition) is 2. The van der Waals surface area contributed by atoms with E-state index < -0.39 is 22.8 Å². The maximum absolute atomic E-state index is 12.4. The van der Waals surface area contributed by atoms with Crippen LogP contribution in [0.5, 0.6) is 0 Å². The van der Waals surface area contributed by atoms with Gasteiger partial charge in [0.05, 0.1) is 5.39 Å². The van der Waals surface area contributed by atoms with Crippen molar-refractivity contribution >= 4 is 27.5 Å². The van der Waals surface area contributed by atoms with E-state index in [2.05, 4.69) is 4.98 Å². The number of thiophene rings is 1. The number of rotatable bonds is 2. The van der Waals surface area contributed by atoms with E-state index in [1.165, 1.54) is 13.8 Å². The molecule has 0 aliphatic heterocycles. The number of carboxylic acid groups (broad SMARTS) is 1. The Kier molecular flexibility index (Phi) is 3.02. The molecule has 104 valence electrons. The second-order valence-corrected chi connectivity index (χ2v) is 5.83. The van der Waals surface area contributed by atoms with Gasteiger partial charge >= 0.3 is 11.7 Å². The predicted molar refractivity (Wildman–Crippen MR) is 73.1 cm³/mol. The molecule has 2 heterocycles. The fourth-order valence-corrected chi connectivity index (χ4v) is 2.91. The Labute approximate surface area is 116 Å². The molecule has 0 unspecified atom stereocenters. The van der Waals surface area contributed by atoms with E-state index >= 15 is 0 Å². The van der Waals surface area contributed by atoms with E-state index in [1.54, 1.807) is 6.92 Å². The van der Waals surface area contributed by atoms with Crippen molar-refractivity contribution in [1.82, 2.24) is 9.55 Å². The third-order valence-electron chi connectivity index (χ3n) is 3.17. The van der Waals surface area contributed by atoms with Crippen LogP contribution in [0.4, 0.5) is 0 Å². The van der Waals surface area contributed by atoms with Crippen LogP contribution in [-0.4, -0.2) is 20.6 Å². The Hall–Kier alpha value is -2.40. The molecule has 0 atom stereocenters. The molecule has 2 N–H and O–H groups in total. The molecule has 0 spiro atoms. The molecule has 0 saturated heterocycles. The maximum Gasteiger partial charge on any atom is 0.330 e. The van der Waals surface area contributed by atoms with Gasteiger partial charge < -0.3 is 5.11 Å². The highest BCUT2D eigenvalue weighted by Gasteiger charge is 2.33. The molecule has 2 aromatic heterocycles. The summed E-state index contributed by atoms with van der Waals surface area (Å²) in [5, 5.41) is 18.3. The zero-order valence-corrected chi connectivity index (χ0v) is 11.8. The second-order valence-electron chi connectivity index (χ2n) is 4.81. The molecule has 0 bridgehead atoms. The van der Waals surface area contributed by atoms with E-state index in [0.29, 0.717) is 15.0 Å². The summed E-state index contributed by atoms with van der Waals surface area (Å²) in [5.41, 5.74) is -2.74. The van der Waals surface area contributed by atoms with E-state index in [0.717, 1.165) is 11.3 Å². The second kappa shape index (κ2) is 4.31. The Morgan fingerprint density at radius 3 is 2.55 bits per heavy atom. The van der Waals surface area contributed by atoms with Gasteiger partial charge in [0.1, 0.15) is 21.3 Å². The van der Waals surface area contributed by atoms with Crippen LogP contribution < -0.4 is 11.2 Å². The SMILES string of the molecule is Cc1c(C#N)sc2[nH]c(=O)n(C(C)(C)C(=O)O)c(=O)c12. The van der Waals surface area contributed by atoms with Crippen LogP contribution in [0.15, 0.2) is 9.59 Å². The quantitative estimate of drug-likeness (QED) is 0.847. The molecule has 2 aromatic rings. The van der Waals surface area contributed by atoms with Crippen LogP contribution >= 0.6 is 11.3 Å². The summed E-state index contributed by atoms with van der Waals surface area (Å²) in [6.07, 6.45) is 0. The van der Waals surface area contributed by atoms with Crippen LogP contribution in [0.3, 0.4) is 0 Å². The van der Waals surface area contributed by atoms with Gasteiger partial charge in [-0.15, -0.1) is 11.3 Å². The van der Waals surface area contributed by atoms with Gasteiger partial charge in [-0.25, -0.2) is 14.2 Å². The van der Waals surface area contributed by atoms with Crippen molar-refractivity contribution in [2.45, 2.75) is 26.3 Å². The first-order valence-corrected chi connectivity index (χ1v) is 6.46. The summed E-state index contributed by atoms with van der Waals surface area (Å²) < 4.78 is 0.665. The largest absolute Gasteiger partial charge is 0.480 e. The Bertz CT molecular complexity index is 879. The Balaban J connectivity index is 3.01. The van der Waals surface area contributed by atoms with Crippen LogP contribution in [0, 0.1) is 18.3 Å². The average molecular weight is 293 g/mol. The van der Waals surface area contributed by atoms with Gasteiger partial charge in [-0.2, -0.15) is 5.26 Å². The first-order chi connectivity index (χ1) is 9.21. The zero-order chi connectivity index (χ0) is 15.2. The number of aliphatic carboxylic acids is 1. The van der Waals surface area contributed by atoms with Crippen molar-refractivity contribution in [3.05, 3.63) is 31.3 Å². The lowest BCUT2D eigenvalue weighted by Crippen LogP contribution is -2.50. The van der Waals surface area contributed by atoms with Crippen molar-refractivity contribution in [3.8, 4) is 6.07 Å². The normalized spacial score (nSPS) is 11.5. The fraction of sp³-hybridized carbons (Fsp3) is 0.333. The van der Waals surface area contributed by atoms with Gasteiger partial charge in [0.25, 0.3) is 5.56 Å². The highest BCUT2D eigenvalue weighted by molar-refractivity contribution is 7.19. The number of nitriles is 1. The number of nitrogens with zero attached hydrogens (tertiary/aromatic N) is 2. The fourth-order valence-electron chi connectivity index (χ4n) is 1.93. The van der Waals surface area contributed by atoms with E-state index in [-0.39, 0.29) is 10.2 Å². The molecule has 0 fully saturated rings. The first-order valence-electron chi connectivity index (χ1n) is 5.64. The molecule has 0 aliphatic carbocycles. The summed E-state index contributed by atoms with van der Waals surface area (Å²) in [6.45, 7) is 4.13. The summed E-state index contributed by atoms with van der Waals surface area (Å²) in [5.74, 6) is -1.29. The minimum Gasteiger partial charge on any atom is -0.480 e. The van der Waals surface area contributed by atoms with E-state index in [1.807, 2.05) is 6.07 Å². The Morgan fingerprint density at radius 2 is 2.05 bits per heavy atom. The molecule has 20 heavy (non-hydrogen) atoms. The van der Waals surface area contributed by atoms with Crippen molar-refractivity contribution in [2.75, 3.05) is 0 Å². The molecule has 0 radical (unpaired) electrons. The van der Waals surface area contributed by atoms with Crippen molar-refractivity contribution < 1.29 is 9.90 Å².